The van der Waals surface area contributed by atoms with Crippen molar-refractivity contribution >= 4 is 17.5 Å². The lowest BCUT2D eigenvalue weighted by Gasteiger charge is -2.45. The molecule has 3 aromatic carbocycles. The molecule has 7 heteroatoms. The van der Waals surface area contributed by atoms with E-state index in [1.807, 2.05) is 86.3 Å². The molecule has 0 bridgehead atoms. The van der Waals surface area contributed by atoms with Gasteiger partial charge in [-0.25, -0.2) is 0 Å². The van der Waals surface area contributed by atoms with E-state index in [2.05, 4.69) is 5.32 Å². The maximum atomic E-state index is 14.1. The largest absolute Gasteiger partial charge is 0.492 e. The Morgan fingerprint density at radius 1 is 0.865 bits per heavy atom. The zero-order chi connectivity index (χ0) is 25.9. The molecule has 0 aromatic heterocycles. The summed E-state index contributed by atoms with van der Waals surface area (Å²) in [5.74, 6) is 1.05. The van der Waals surface area contributed by atoms with E-state index in [-0.39, 0.29) is 11.8 Å². The number of nitrogens with one attached hydrogen (secondary N) is 1. The molecule has 0 unspecified atom stereocenters. The third-order valence-electron chi connectivity index (χ3n) is 6.91. The van der Waals surface area contributed by atoms with Crippen LogP contribution in [-0.2, 0) is 11.2 Å². The van der Waals surface area contributed by atoms with Crippen LogP contribution in [0, 0.1) is 0 Å². The predicted molar refractivity (Wildman–Crippen MR) is 142 cm³/mol. The van der Waals surface area contributed by atoms with E-state index in [4.69, 9.17) is 14.2 Å². The van der Waals surface area contributed by atoms with Gasteiger partial charge in [0, 0.05) is 12.1 Å². The van der Waals surface area contributed by atoms with Gasteiger partial charge in [0.15, 0.2) is 11.5 Å². The van der Waals surface area contributed by atoms with Crippen molar-refractivity contribution in [3.63, 3.8) is 0 Å². The van der Waals surface area contributed by atoms with Gasteiger partial charge in [-0.2, -0.15) is 0 Å². The van der Waals surface area contributed by atoms with E-state index in [1.54, 1.807) is 0 Å². The second-order valence-electron chi connectivity index (χ2n) is 9.04. The van der Waals surface area contributed by atoms with Crippen LogP contribution in [0.25, 0.3) is 0 Å². The average Bonchev–Trinajstić information content (AvgIpc) is 2.91. The normalized spacial score (nSPS) is 17.8. The first kappa shape index (κ1) is 24.7. The molecule has 3 aromatic rings. The fourth-order valence-corrected chi connectivity index (χ4v) is 5.42. The van der Waals surface area contributed by atoms with Gasteiger partial charge in [0.2, 0.25) is 5.91 Å². The van der Waals surface area contributed by atoms with Crippen LogP contribution in [0.15, 0.2) is 60.7 Å². The molecular weight excluding hydrogens is 468 g/mol. The lowest BCUT2D eigenvalue weighted by atomic mass is 9.75. The number of nitrogens with zero attached hydrogens (tertiary/aromatic N) is 1. The number of fused-ring (bicyclic) bond motifs is 4. The smallest absolute Gasteiger partial charge is 0.254 e. The number of anilines is 1. The van der Waals surface area contributed by atoms with Crippen molar-refractivity contribution in [2.75, 3.05) is 31.7 Å². The minimum Gasteiger partial charge on any atom is -0.492 e. The molecule has 37 heavy (non-hydrogen) atoms. The van der Waals surface area contributed by atoms with E-state index in [0.717, 1.165) is 16.7 Å². The Morgan fingerprint density at radius 3 is 2.27 bits per heavy atom. The van der Waals surface area contributed by atoms with Crippen LogP contribution in [-0.4, -0.2) is 43.1 Å². The number of para-hydroxylation sites is 2. The molecule has 0 spiro atoms. The second kappa shape index (κ2) is 10.5. The first-order valence-electron chi connectivity index (χ1n) is 12.9. The lowest BCUT2D eigenvalue weighted by molar-refractivity contribution is -0.119. The van der Waals surface area contributed by atoms with Gasteiger partial charge in [-0.15, -0.1) is 0 Å². The van der Waals surface area contributed by atoms with Crippen molar-refractivity contribution in [2.24, 2.45) is 0 Å². The van der Waals surface area contributed by atoms with Crippen LogP contribution >= 0.6 is 0 Å². The summed E-state index contributed by atoms with van der Waals surface area (Å²) in [6.07, 6.45) is 0.674. The number of hydrogen-bond donors (Lipinski definition) is 1. The highest BCUT2D eigenvalue weighted by molar-refractivity contribution is 6.05. The summed E-state index contributed by atoms with van der Waals surface area (Å²) in [5, 5.41) is 3.10. The van der Waals surface area contributed by atoms with Gasteiger partial charge in [0.25, 0.3) is 5.91 Å². The quantitative estimate of drug-likeness (QED) is 0.451. The lowest BCUT2D eigenvalue weighted by Crippen LogP contribution is -2.49. The summed E-state index contributed by atoms with van der Waals surface area (Å²) in [5.41, 5.74) is 3.87. The molecule has 0 saturated heterocycles. The summed E-state index contributed by atoms with van der Waals surface area (Å²) in [7, 11) is 0. The molecular formula is C30H32N2O5. The Labute approximate surface area is 217 Å². The molecule has 7 nitrogen and oxygen atoms in total. The number of rotatable bonds is 8. The highest BCUT2D eigenvalue weighted by Gasteiger charge is 2.46. The third kappa shape index (κ3) is 4.50. The third-order valence-corrected chi connectivity index (χ3v) is 6.91. The minimum absolute atomic E-state index is 0.0585. The van der Waals surface area contributed by atoms with Crippen molar-refractivity contribution in [3.8, 4) is 17.2 Å². The molecule has 0 fully saturated rings. The van der Waals surface area contributed by atoms with Gasteiger partial charge >= 0.3 is 0 Å². The number of hydrogen-bond acceptors (Lipinski definition) is 5. The summed E-state index contributed by atoms with van der Waals surface area (Å²) in [6.45, 7) is 7.77. The first-order valence-corrected chi connectivity index (χ1v) is 12.9. The fourth-order valence-electron chi connectivity index (χ4n) is 5.42. The van der Waals surface area contributed by atoms with E-state index in [9.17, 15) is 9.59 Å². The predicted octanol–water partition coefficient (Wildman–Crippen LogP) is 5.36. The second-order valence-corrected chi connectivity index (χ2v) is 9.04. The molecule has 0 radical (unpaired) electrons. The Morgan fingerprint density at radius 2 is 1.51 bits per heavy atom. The monoisotopic (exact) mass is 500 g/mol. The van der Waals surface area contributed by atoms with Crippen LogP contribution in [0.4, 0.5) is 5.69 Å². The molecule has 2 amide bonds. The Balaban J connectivity index is 1.63. The summed E-state index contributed by atoms with van der Waals surface area (Å²) in [4.78, 5) is 29.5. The number of benzene rings is 3. The minimum atomic E-state index is -0.616. The molecule has 2 atom stereocenters. The average molecular weight is 501 g/mol. The van der Waals surface area contributed by atoms with E-state index < -0.39 is 12.0 Å². The summed E-state index contributed by atoms with van der Waals surface area (Å²) < 4.78 is 17.5. The molecule has 192 valence electrons. The van der Waals surface area contributed by atoms with Crippen molar-refractivity contribution in [2.45, 2.75) is 39.2 Å². The van der Waals surface area contributed by atoms with Crippen LogP contribution in [0.1, 0.15) is 59.8 Å². The number of ether oxygens (including phenoxy) is 3. The topological polar surface area (TPSA) is 77.1 Å². The number of carbonyl (C=O) groups is 2. The van der Waals surface area contributed by atoms with Crippen molar-refractivity contribution in [1.82, 2.24) is 4.90 Å². The Bertz CT molecular complexity index is 1320. The molecule has 2 heterocycles. The molecule has 0 aliphatic carbocycles. The number of amides is 2. The highest BCUT2D eigenvalue weighted by Crippen LogP contribution is 2.48. The summed E-state index contributed by atoms with van der Waals surface area (Å²) in [6, 6.07) is 18.3. The number of carbonyl (C=O) groups excluding carboxylic acids is 2. The van der Waals surface area contributed by atoms with Gasteiger partial charge in [0.05, 0.1) is 37.5 Å². The maximum Gasteiger partial charge on any atom is 0.254 e. The standard InChI is InChI=1S/C30H32N2O5/c1-4-35-24-14-10-9-13-23(24)31-29(33)27-20-11-7-8-12-21(20)30(34)32-16-15-19-17-25(36-5-2)26(37-6-3)18-22(19)28(27)32/h7-14,17-18,27-28H,4-6,15-16H2,1-3H3,(H,31,33)/t27-,28-/m0/s1. The zero-order valence-electron chi connectivity index (χ0n) is 21.5. The molecule has 1 N–H and O–H groups in total. The van der Waals surface area contributed by atoms with E-state index in [1.165, 1.54) is 0 Å². The van der Waals surface area contributed by atoms with Gasteiger partial charge in [-0.1, -0.05) is 30.3 Å². The first-order chi connectivity index (χ1) is 18.1. The Kier molecular flexibility index (Phi) is 7.04. The molecule has 0 saturated carbocycles. The fraction of sp³-hybridized carbons (Fsp3) is 0.333. The van der Waals surface area contributed by atoms with Crippen molar-refractivity contribution in [1.29, 1.82) is 0 Å². The zero-order valence-corrected chi connectivity index (χ0v) is 21.5. The van der Waals surface area contributed by atoms with Crippen molar-refractivity contribution < 1.29 is 23.8 Å². The van der Waals surface area contributed by atoms with Crippen LogP contribution < -0.4 is 19.5 Å². The maximum absolute atomic E-state index is 14.1. The van der Waals surface area contributed by atoms with Gasteiger partial charge in [-0.3, -0.25) is 9.59 Å². The van der Waals surface area contributed by atoms with Crippen LogP contribution in [0.5, 0.6) is 17.2 Å². The highest BCUT2D eigenvalue weighted by atomic mass is 16.5. The molecule has 5 rings (SSSR count). The molecule has 2 aliphatic heterocycles. The SMILES string of the molecule is CCOc1ccccc1NC(=O)[C@H]1c2ccccc2C(=O)N2CCc3cc(OCC)c(OCC)cc3[C@@H]12. The van der Waals surface area contributed by atoms with Gasteiger partial charge < -0.3 is 24.4 Å². The van der Waals surface area contributed by atoms with E-state index >= 15 is 0 Å². The van der Waals surface area contributed by atoms with Gasteiger partial charge in [0.1, 0.15) is 5.75 Å². The van der Waals surface area contributed by atoms with Crippen molar-refractivity contribution in [3.05, 3.63) is 82.9 Å². The van der Waals surface area contributed by atoms with E-state index in [0.29, 0.717) is 61.3 Å². The molecule has 2 aliphatic rings. The van der Waals surface area contributed by atoms with Crippen LogP contribution in [0.2, 0.25) is 0 Å². The summed E-state index contributed by atoms with van der Waals surface area (Å²) >= 11 is 0. The Hall–Kier alpha value is -4.00. The van der Waals surface area contributed by atoms with Gasteiger partial charge in [-0.05, 0) is 74.2 Å². The van der Waals surface area contributed by atoms with Crippen LogP contribution in [0.3, 0.4) is 0 Å².